The van der Waals surface area contributed by atoms with E-state index in [1.165, 1.54) is 21.3 Å². The van der Waals surface area contributed by atoms with Crippen molar-refractivity contribution in [2.75, 3.05) is 24.5 Å². The Morgan fingerprint density at radius 3 is 2.55 bits per heavy atom. The monoisotopic (exact) mass is 358 g/mol. The van der Waals surface area contributed by atoms with E-state index in [0.29, 0.717) is 6.04 Å². The Labute approximate surface area is 141 Å². The molecule has 1 heterocycles. The third-order valence-corrected chi connectivity index (χ3v) is 5.32. The smallest absolute Gasteiger partial charge is 0.0389 e. The van der Waals surface area contributed by atoms with E-state index < -0.39 is 0 Å². The summed E-state index contributed by atoms with van der Waals surface area (Å²) >= 11 is 3.59. The fourth-order valence-corrected chi connectivity index (χ4v) is 3.46. The summed E-state index contributed by atoms with van der Waals surface area (Å²) in [5.74, 6) is 0. The van der Waals surface area contributed by atoms with E-state index in [1.807, 2.05) is 0 Å². The van der Waals surface area contributed by atoms with Crippen LogP contribution in [0.3, 0.4) is 0 Å². The summed E-state index contributed by atoms with van der Waals surface area (Å²) in [5.41, 5.74) is 4.05. The summed E-state index contributed by atoms with van der Waals surface area (Å²) in [5, 5.41) is 0. The average molecular weight is 359 g/mol. The molecule has 1 atom stereocenters. The number of piperazine rings is 1. The summed E-state index contributed by atoms with van der Waals surface area (Å²) in [4.78, 5) is 5.09. The molecule has 0 N–H and O–H groups in total. The summed E-state index contributed by atoms with van der Waals surface area (Å²) in [6.45, 7) is 8.87. The summed E-state index contributed by atoms with van der Waals surface area (Å²) < 4.78 is 1.19. The molecule has 0 aliphatic carbocycles. The van der Waals surface area contributed by atoms with Crippen LogP contribution >= 0.6 is 15.9 Å². The molecular weight excluding hydrogens is 336 g/mol. The molecular formula is C19H23BrN2. The van der Waals surface area contributed by atoms with Crippen LogP contribution in [-0.4, -0.2) is 30.6 Å². The molecule has 0 bridgehead atoms. The van der Waals surface area contributed by atoms with Crippen molar-refractivity contribution in [3.05, 3.63) is 64.1 Å². The number of aryl methyl sites for hydroxylation is 1. The molecule has 0 aromatic heterocycles. The lowest BCUT2D eigenvalue weighted by Crippen LogP contribution is -2.51. The van der Waals surface area contributed by atoms with E-state index in [9.17, 15) is 0 Å². The van der Waals surface area contributed by atoms with E-state index in [-0.39, 0.29) is 0 Å². The summed E-state index contributed by atoms with van der Waals surface area (Å²) in [7, 11) is 0. The predicted octanol–water partition coefficient (Wildman–Crippen LogP) is 4.47. The predicted molar refractivity (Wildman–Crippen MR) is 97.4 cm³/mol. The highest BCUT2D eigenvalue weighted by Gasteiger charge is 2.24. The highest BCUT2D eigenvalue weighted by Crippen LogP contribution is 2.26. The van der Waals surface area contributed by atoms with Gasteiger partial charge in [-0.3, -0.25) is 4.90 Å². The van der Waals surface area contributed by atoms with Crippen LogP contribution in [0, 0.1) is 6.92 Å². The van der Waals surface area contributed by atoms with Crippen LogP contribution in [0.1, 0.15) is 18.1 Å². The van der Waals surface area contributed by atoms with Crippen molar-refractivity contribution in [1.82, 2.24) is 4.90 Å². The van der Waals surface area contributed by atoms with Gasteiger partial charge >= 0.3 is 0 Å². The molecule has 1 aliphatic rings. The number of benzene rings is 2. The van der Waals surface area contributed by atoms with Crippen LogP contribution in [-0.2, 0) is 6.54 Å². The van der Waals surface area contributed by atoms with Gasteiger partial charge in [-0.05, 0) is 43.2 Å². The van der Waals surface area contributed by atoms with E-state index in [1.54, 1.807) is 0 Å². The fourth-order valence-electron chi connectivity index (χ4n) is 3.21. The summed E-state index contributed by atoms with van der Waals surface area (Å²) in [6.07, 6.45) is 0. The topological polar surface area (TPSA) is 6.48 Å². The van der Waals surface area contributed by atoms with Crippen LogP contribution < -0.4 is 4.90 Å². The van der Waals surface area contributed by atoms with Crippen molar-refractivity contribution in [2.24, 2.45) is 0 Å². The lowest BCUT2D eigenvalue weighted by atomic mass is 10.1. The van der Waals surface area contributed by atoms with Gasteiger partial charge < -0.3 is 4.90 Å². The first-order chi connectivity index (χ1) is 10.6. The molecule has 22 heavy (non-hydrogen) atoms. The zero-order valence-corrected chi connectivity index (χ0v) is 14.9. The zero-order chi connectivity index (χ0) is 15.5. The number of anilines is 1. The number of nitrogens with zero attached hydrogens (tertiary/aromatic N) is 2. The van der Waals surface area contributed by atoms with Crippen LogP contribution in [0.15, 0.2) is 53.0 Å². The Morgan fingerprint density at radius 2 is 1.86 bits per heavy atom. The molecule has 1 saturated heterocycles. The molecule has 0 radical (unpaired) electrons. The molecule has 3 rings (SSSR count). The maximum absolute atomic E-state index is 3.59. The minimum absolute atomic E-state index is 0.540. The Morgan fingerprint density at radius 1 is 1.09 bits per heavy atom. The number of rotatable bonds is 3. The van der Waals surface area contributed by atoms with Crippen LogP contribution in [0.4, 0.5) is 5.69 Å². The lowest BCUT2D eigenvalue weighted by molar-refractivity contribution is 0.221. The third kappa shape index (κ3) is 3.53. The lowest BCUT2D eigenvalue weighted by Gasteiger charge is -2.41. The maximum atomic E-state index is 3.59. The van der Waals surface area contributed by atoms with Gasteiger partial charge in [0.1, 0.15) is 0 Å². The summed E-state index contributed by atoms with van der Waals surface area (Å²) in [6, 6.07) is 18.0. The van der Waals surface area contributed by atoms with Gasteiger partial charge in [-0.15, -0.1) is 0 Å². The Hall–Kier alpha value is -1.32. The van der Waals surface area contributed by atoms with Crippen LogP contribution in [0.5, 0.6) is 0 Å². The van der Waals surface area contributed by atoms with Gasteiger partial charge in [-0.25, -0.2) is 0 Å². The molecule has 1 aliphatic heterocycles. The first kappa shape index (κ1) is 15.6. The first-order valence-corrected chi connectivity index (χ1v) is 8.72. The van der Waals surface area contributed by atoms with Gasteiger partial charge in [-0.2, -0.15) is 0 Å². The quantitative estimate of drug-likeness (QED) is 0.798. The number of hydrogen-bond acceptors (Lipinski definition) is 2. The molecule has 2 aromatic carbocycles. The molecule has 0 unspecified atom stereocenters. The van der Waals surface area contributed by atoms with Crippen molar-refractivity contribution in [3.8, 4) is 0 Å². The molecule has 1 fully saturated rings. The van der Waals surface area contributed by atoms with E-state index in [2.05, 4.69) is 88.1 Å². The van der Waals surface area contributed by atoms with Crippen molar-refractivity contribution in [2.45, 2.75) is 26.4 Å². The number of halogens is 1. The van der Waals surface area contributed by atoms with Crippen molar-refractivity contribution in [1.29, 1.82) is 0 Å². The zero-order valence-electron chi connectivity index (χ0n) is 13.3. The van der Waals surface area contributed by atoms with Crippen LogP contribution in [0.25, 0.3) is 0 Å². The van der Waals surface area contributed by atoms with Crippen molar-refractivity contribution < 1.29 is 0 Å². The molecule has 3 heteroatoms. The van der Waals surface area contributed by atoms with E-state index >= 15 is 0 Å². The second kappa shape index (κ2) is 6.84. The highest BCUT2D eigenvalue weighted by molar-refractivity contribution is 9.10. The molecule has 116 valence electrons. The Bertz CT molecular complexity index is 627. The normalized spacial score (nSPS) is 19.4. The maximum Gasteiger partial charge on any atom is 0.0389 e. The molecule has 0 saturated carbocycles. The van der Waals surface area contributed by atoms with Crippen LogP contribution in [0.2, 0.25) is 0 Å². The largest absolute Gasteiger partial charge is 0.366 e. The third-order valence-electron chi connectivity index (χ3n) is 4.43. The van der Waals surface area contributed by atoms with Gasteiger partial charge in [0.05, 0.1) is 0 Å². The van der Waals surface area contributed by atoms with Gasteiger partial charge in [0.25, 0.3) is 0 Å². The Kier molecular flexibility index (Phi) is 4.84. The average Bonchev–Trinajstić information content (AvgIpc) is 2.51. The second-order valence-electron chi connectivity index (χ2n) is 6.20. The van der Waals surface area contributed by atoms with Gasteiger partial charge in [0.2, 0.25) is 0 Å². The van der Waals surface area contributed by atoms with E-state index in [0.717, 1.165) is 26.2 Å². The van der Waals surface area contributed by atoms with Crippen molar-refractivity contribution in [3.63, 3.8) is 0 Å². The standard InChI is InChI=1S/C19H23BrN2/c1-15-12-18(8-9-19(15)20)22-11-10-21(13-16(22)2)14-17-6-4-3-5-7-17/h3-9,12,16H,10-11,13-14H2,1-2H3/t16-/m0/s1. The SMILES string of the molecule is Cc1cc(N2CCN(Cc3ccccc3)C[C@@H]2C)ccc1Br. The van der Waals surface area contributed by atoms with Gasteiger partial charge in [0.15, 0.2) is 0 Å². The van der Waals surface area contributed by atoms with Crippen molar-refractivity contribution >= 4 is 21.6 Å². The Balaban J connectivity index is 1.66. The first-order valence-electron chi connectivity index (χ1n) is 7.92. The van der Waals surface area contributed by atoms with Gasteiger partial charge in [-0.1, -0.05) is 46.3 Å². The second-order valence-corrected chi connectivity index (χ2v) is 7.05. The molecule has 2 nitrogen and oxygen atoms in total. The highest BCUT2D eigenvalue weighted by atomic mass is 79.9. The fraction of sp³-hybridized carbons (Fsp3) is 0.368. The molecule has 0 spiro atoms. The number of hydrogen-bond donors (Lipinski definition) is 0. The minimum Gasteiger partial charge on any atom is -0.366 e. The molecule has 2 aromatic rings. The minimum atomic E-state index is 0.540. The van der Waals surface area contributed by atoms with Gasteiger partial charge in [0, 0.05) is 42.4 Å². The molecule has 0 amide bonds. The van der Waals surface area contributed by atoms with E-state index in [4.69, 9.17) is 0 Å².